The zero-order valence-corrected chi connectivity index (χ0v) is 9.11. The first-order valence-electron chi connectivity index (χ1n) is 5.11. The molecule has 3 rings (SSSR count). The molecule has 0 bridgehead atoms. The van der Waals surface area contributed by atoms with E-state index in [1.807, 2.05) is 32.2 Å². The molecule has 0 aliphatic carbocycles. The molecule has 1 N–H and O–H groups in total. The normalized spacial score (nSPS) is 11.4. The second-order valence-corrected chi connectivity index (χ2v) is 4.03. The lowest BCUT2D eigenvalue weighted by atomic mass is 10.1. The Morgan fingerprint density at radius 1 is 1.31 bits per heavy atom. The summed E-state index contributed by atoms with van der Waals surface area (Å²) in [7, 11) is 1.85. The summed E-state index contributed by atoms with van der Waals surface area (Å²) in [5, 5.41) is 5.79. The van der Waals surface area contributed by atoms with Crippen molar-refractivity contribution in [1.29, 1.82) is 0 Å². The fourth-order valence-electron chi connectivity index (χ4n) is 2.08. The minimum Gasteiger partial charge on any atom is -0.321 e. The van der Waals surface area contributed by atoms with Crippen LogP contribution in [-0.4, -0.2) is 14.8 Å². The number of nitrogens with one attached hydrogen (secondary N) is 1. The maximum absolute atomic E-state index is 11.8. The number of hydrogen-bond donors (Lipinski definition) is 1. The summed E-state index contributed by atoms with van der Waals surface area (Å²) in [6, 6.07) is 6.03. The van der Waals surface area contributed by atoms with Crippen molar-refractivity contribution in [3.63, 3.8) is 0 Å². The van der Waals surface area contributed by atoms with Gasteiger partial charge in [0.25, 0.3) is 5.56 Å². The second kappa shape index (κ2) is 2.95. The van der Waals surface area contributed by atoms with E-state index in [2.05, 4.69) is 10.1 Å². The third kappa shape index (κ3) is 1.10. The van der Waals surface area contributed by atoms with Crippen LogP contribution in [0.2, 0.25) is 0 Å². The highest BCUT2D eigenvalue weighted by Gasteiger charge is 2.08. The Balaban J connectivity index is 2.67. The van der Waals surface area contributed by atoms with Crippen LogP contribution in [0.15, 0.2) is 29.2 Å². The van der Waals surface area contributed by atoms with Gasteiger partial charge >= 0.3 is 0 Å². The lowest BCUT2D eigenvalue weighted by molar-refractivity contribution is 0.799. The van der Waals surface area contributed by atoms with Crippen LogP contribution >= 0.6 is 0 Å². The predicted octanol–water partition coefficient (Wildman–Crippen LogP) is 1.72. The second-order valence-electron chi connectivity index (χ2n) is 4.03. The van der Waals surface area contributed by atoms with Crippen LogP contribution < -0.4 is 5.56 Å². The fourth-order valence-corrected chi connectivity index (χ4v) is 2.08. The molecule has 0 saturated heterocycles. The molecule has 0 spiro atoms. The highest BCUT2D eigenvalue weighted by atomic mass is 16.1. The standard InChI is InChI=1S/C12H11N3O/c1-7-3-4-8-10(5-7)14-12(16)9-6-13-15(2)11(8)9/h3-6H,1-2H3,(H,14,16). The number of aryl methyl sites for hydroxylation is 2. The molecule has 16 heavy (non-hydrogen) atoms. The molecule has 0 saturated carbocycles. The minimum absolute atomic E-state index is 0.0822. The van der Waals surface area contributed by atoms with Crippen LogP contribution in [-0.2, 0) is 7.05 Å². The van der Waals surface area contributed by atoms with Crippen molar-refractivity contribution in [2.75, 3.05) is 0 Å². The van der Waals surface area contributed by atoms with Crippen molar-refractivity contribution >= 4 is 21.8 Å². The van der Waals surface area contributed by atoms with Crippen LogP contribution in [0.3, 0.4) is 0 Å². The van der Waals surface area contributed by atoms with Crippen molar-refractivity contribution in [3.8, 4) is 0 Å². The number of nitrogens with zero attached hydrogens (tertiary/aromatic N) is 2. The number of aromatic nitrogens is 3. The number of hydrogen-bond acceptors (Lipinski definition) is 2. The molecule has 2 heterocycles. The first-order chi connectivity index (χ1) is 7.66. The van der Waals surface area contributed by atoms with Crippen LogP contribution in [0.25, 0.3) is 21.8 Å². The van der Waals surface area contributed by atoms with E-state index < -0.39 is 0 Å². The van der Waals surface area contributed by atoms with Crippen molar-refractivity contribution in [3.05, 3.63) is 40.3 Å². The van der Waals surface area contributed by atoms with Crippen molar-refractivity contribution in [2.24, 2.45) is 7.05 Å². The van der Waals surface area contributed by atoms with E-state index in [-0.39, 0.29) is 5.56 Å². The van der Waals surface area contributed by atoms with Gasteiger partial charge in [-0.15, -0.1) is 0 Å². The maximum Gasteiger partial charge on any atom is 0.259 e. The topological polar surface area (TPSA) is 50.7 Å². The van der Waals surface area contributed by atoms with Gasteiger partial charge in [-0.3, -0.25) is 9.48 Å². The Labute approximate surface area is 91.5 Å². The zero-order valence-electron chi connectivity index (χ0n) is 9.11. The lowest BCUT2D eigenvalue weighted by Gasteiger charge is -2.02. The first kappa shape index (κ1) is 9.15. The van der Waals surface area contributed by atoms with E-state index in [0.717, 1.165) is 22.0 Å². The van der Waals surface area contributed by atoms with Crippen molar-refractivity contribution < 1.29 is 0 Å². The smallest absolute Gasteiger partial charge is 0.259 e. The van der Waals surface area contributed by atoms with E-state index in [1.54, 1.807) is 10.9 Å². The van der Waals surface area contributed by atoms with Gasteiger partial charge in [0.15, 0.2) is 0 Å². The molecular formula is C12H11N3O. The molecule has 80 valence electrons. The van der Waals surface area contributed by atoms with Crippen LogP contribution in [0.1, 0.15) is 5.56 Å². The van der Waals surface area contributed by atoms with Crippen molar-refractivity contribution in [2.45, 2.75) is 6.92 Å². The van der Waals surface area contributed by atoms with Crippen LogP contribution in [0.5, 0.6) is 0 Å². The Kier molecular flexibility index (Phi) is 1.68. The molecule has 0 atom stereocenters. The molecule has 0 amide bonds. The van der Waals surface area contributed by atoms with Crippen LogP contribution in [0.4, 0.5) is 0 Å². The number of H-pyrrole nitrogens is 1. The third-order valence-electron chi connectivity index (χ3n) is 2.86. The number of fused-ring (bicyclic) bond motifs is 3. The quantitative estimate of drug-likeness (QED) is 0.618. The number of rotatable bonds is 0. The van der Waals surface area contributed by atoms with E-state index in [9.17, 15) is 4.79 Å². The molecule has 3 aromatic rings. The monoisotopic (exact) mass is 213 g/mol. The van der Waals surface area contributed by atoms with Crippen LogP contribution in [0, 0.1) is 6.92 Å². The Morgan fingerprint density at radius 2 is 2.12 bits per heavy atom. The van der Waals surface area contributed by atoms with E-state index >= 15 is 0 Å². The largest absolute Gasteiger partial charge is 0.321 e. The van der Waals surface area contributed by atoms with Gasteiger partial charge in [-0.05, 0) is 18.6 Å². The van der Waals surface area contributed by atoms with Gasteiger partial charge in [-0.25, -0.2) is 0 Å². The van der Waals surface area contributed by atoms with Gasteiger partial charge in [0.05, 0.1) is 22.6 Å². The predicted molar refractivity (Wildman–Crippen MR) is 63.6 cm³/mol. The third-order valence-corrected chi connectivity index (χ3v) is 2.86. The fraction of sp³-hybridized carbons (Fsp3) is 0.167. The molecule has 2 aromatic heterocycles. The summed E-state index contributed by atoms with van der Waals surface area (Å²) in [5.41, 5.74) is 2.80. The molecule has 0 unspecified atom stereocenters. The van der Waals surface area contributed by atoms with E-state index in [0.29, 0.717) is 5.39 Å². The molecule has 0 fully saturated rings. The minimum atomic E-state index is -0.0822. The van der Waals surface area contributed by atoms with E-state index in [1.165, 1.54) is 0 Å². The SMILES string of the molecule is Cc1ccc2c(c1)[nH]c(=O)c1cnn(C)c12. The van der Waals surface area contributed by atoms with Gasteiger partial charge < -0.3 is 4.98 Å². The number of benzene rings is 1. The van der Waals surface area contributed by atoms with Gasteiger partial charge in [0.2, 0.25) is 0 Å². The molecule has 0 aliphatic heterocycles. The number of aromatic amines is 1. The van der Waals surface area contributed by atoms with E-state index in [4.69, 9.17) is 0 Å². The first-order valence-corrected chi connectivity index (χ1v) is 5.11. The molecule has 0 radical (unpaired) electrons. The molecular weight excluding hydrogens is 202 g/mol. The highest BCUT2D eigenvalue weighted by molar-refractivity contribution is 6.03. The number of pyridine rings is 1. The summed E-state index contributed by atoms with van der Waals surface area (Å²) in [5.74, 6) is 0. The maximum atomic E-state index is 11.8. The average molecular weight is 213 g/mol. The summed E-state index contributed by atoms with van der Waals surface area (Å²) in [4.78, 5) is 14.7. The molecule has 1 aromatic carbocycles. The van der Waals surface area contributed by atoms with Gasteiger partial charge in [0.1, 0.15) is 0 Å². The molecule has 0 aliphatic rings. The summed E-state index contributed by atoms with van der Waals surface area (Å²) in [6.07, 6.45) is 1.60. The van der Waals surface area contributed by atoms with Gasteiger partial charge in [-0.1, -0.05) is 12.1 Å². The Bertz CT molecular complexity index is 752. The zero-order chi connectivity index (χ0) is 11.3. The molecule has 4 nitrogen and oxygen atoms in total. The lowest BCUT2D eigenvalue weighted by Crippen LogP contribution is -2.06. The molecule has 4 heteroatoms. The van der Waals surface area contributed by atoms with Gasteiger partial charge in [0, 0.05) is 12.4 Å². The summed E-state index contributed by atoms with van der Waals surface area (Å²) >= 11 is 0. The Morgan fingerprint density at radius 3 is 2.94 bits per heavy atom. The van der Waals surface area contributed by atoms with Gasteiger partial charge in [-0.2, -0.15) is 5.10 Å². The highest BCUT2D eigenvalue weighted by Crippen LogP contribution is 2.20. The summed E-state index contributed by atoms with van der Waals surface area (Å²) in [6.45, 7) is 2.01. The average Bonchev–Trinajstić information content (AvgIpc) is 2.61. The Hall–Kier alpha value is -2.10. The summed E-state index contributed by atoms with van der Waals surface area (Å²) < 4.78 is 1.74. The van der Waals surface area contributed by atoms with Crippen molar-refractivity contribution in [1.82, 2.24) is 14.8 Å².